The van der Waals surface area contributed by atoms with Gasteiger partial charge in [0.25, 0.3) is 0 Å². The molecule has 0 aliphatic carbocycles. The number of amides is 1. The molecule has 1 N–H and O–H groups in total. The molecule has 0 unspecified atom stereocenters. The van der Waals surface area contributed by atoms with Crippen LogP contribution in [0.3, 0.4) is 0 Å². The van der Waals surface area contributed by atoms with Gasteiger partial charge >= 0.3 is 0 Å². The summed E-state index contributed by atoms with van der Waals surface area (Å²) in [5.74, 6) is 0.235. The lowest BCUT2D eigenvalue weighted by Crippen LogP contribution is -2.39. The van der Waals surface area contributed by atoms with Gasteiger partial charge in [0.1, 0.15) is 5.82 Å². The van der Waals surface area contributed by atoms with Crippen molar-refractivity contribution in [3.05, 3.63) is 60.2 Å². The molecule has 1 aliphatic heterocycles. The molecule has 3 rings (SSSR count). The summed E-state index contributed by atoms with van der Waals surface area (Å²) in [5, 5.41) is 3.01. The minimum absolute atomic E-state index is 0.00169. The fourth-order valence-electron chi connectivity index (χ4n) is 3.06. The van der Waals surface area contributed by atoms with Crippen LogP contribution in [0, 0.1) is 11.7 Å². The van der Waals surface area contributed by atoms with Crippen LogP contribution in [0.2, 0.25) is 0 Å². The molecule has 0 spiro atoms. The van der Waals surface area contributed by atoms with E-state index >= 15 is 0 Å². The Balaban J connectivity index is 1.40. The van der Waals surface area contributed by atoms with Crippen molar-refractivity contribution in [3.63, 3.8) is 0 Å². The van der Waals surface area contributed by atoms with Gasteiger partial charge in [0, 0.05) is 37.7 Å². The van der Waals surface area contributed by atoms with Gasteiger partial charge in [0.05, 0.1) is 6.42 Å². The van der Waals surface area contributed by atoms with Crippen molar-refractivity contribution in [2.75, 3.05) is 24.5 Å². The molecule has 5 heteroatoms. The smallest absolute Gasteiger partial charge is 0.224 e. The monoisotopic (exact) mass is 327 g/mol. The first-order chi connectivity index (χ1) is 11.7. The zero-order chi connectivity index (χ0) is 16.8. The van der Waals surface area contributed by atoms with Crippen LogP contribution in [-0.2, 0) is 11.2 Å². The molecule has 1 aliphatic rings. The second-order valence-electron chi connectivity index (χ2n) is 6.24. The molecule has 0 bridgehead atoms. The maximum atomic E-state index is 12.9. The first-order valence-electron chi connectivity index (χ1n) is 8.37. The van der Waals surface area contributed by atoms with Crippen molar-refractivity contribution in [1.29, 1.82) is 0 Å². The van der Waals surface area contributed by atoms with Gasteiger partial charge in [-0.25, -0.2) is 4.39 Å². The second-order valence-corrected chi connectivity index (χ2v) is 6.24. The summed E-state index contributed by atoms with van der Waals surface area (Å²) in [6.07, 6.45) is 6.07. The molecule has 4 nitrogen and oxygen atoms in total. The van der Waals surface area contributed by atoms with Crippen LogP contribution in [0.25, 0.3) is 0 Å². The van der Waals surface area contributed by atoms with Crippen LogP contribution in [0.1, 0.15) is 18.4 Å². The Morgan fingerprint density at radius 1 is 1.12 bits per heavy atom. The maximum Gasteiger partial charge on any atom is 0.224 e. The molecule has 24 heavy (non-hydrogen) atoms. The fraction of sp³-hybridized carbons (Fsp3) is 0.368. The number of benzene rings is 1. The van der Waals surface area contributed by atoms with Crippen molar-refractivity contribution in [3.8, 4) is 0 Å². The van der Waals surface area contributed by atoms with Gasteiger partial charge in [0.15, 0.2) is 0 Å². The molecular weight excluding hydrogens is 305 g/mol. The van der Waals surface area contributed by atoms with Gasteiger partial charge in [-0.3, -0.25) is 9.78 Å². The van der Waals surface area contributed by atoms with Crippen molar-refractivity contribution in [2.45, 2.75) is 19.3 Å². The van der Waals surface area contributed by atoms with E-state index in [1.54, 1.807) is 12.1 Å². The van der Waals surface area contributed by atoms with E-state index in [0.29, 0.717) is 18.9 Å². The quantitative estimate of drug-likeness (QED) is 0.918. The topological polar surface area (TPSA) is 45.2 Å². The first kappa shape index (κ1) is 16.4. The molecule has 2 heterocycles. The minimum Gasteiger partial charge on any atom is -0.371 e. The zero-order valence-corrected chi connectivity index (χ0v) is 13.6. The highest BCUT2D eigenvalue weighted by Gasteiger charge is 2.19. The van der Waals surface area contributed by atoms with E-state index in [4.69, 9.17) is 0 Å². The molecule has 1 amide bonds. The standard InChI is InChI=1S/C19H22FN3O/c20-17-3-1-15(2-4-17)13-19(24)22-14-16-7-11-23(12-8-16)18-5-9-21-10-6-18/h1-6,9-10,16H,7-8,11-14H2,(H,22,24). The molecule has 0 atom stereocenters. The predicted octanol–water partition coefficient (Wildman–Crippen LogP) is 2.80. The lowest BCUT2D eigenvalue weighted by Gasteiger charge is -2.33. The van der Waals surface area contributed by atoms with Gasteiger partial charge in [-0.05, 0) is 48.6 Å². The van der Waals surface area contributed by atoms with E-state index in [2.05, 4.69) is 15.2 Å². The Morgan fingerprint density at radius 2 is 1.79 bits per heavy atom. The van der Waals surface area contributed by atoms with Crippen LogP contribution in [0.15, 0.2) is 48.8 Å². The van der Waals surface area contributed by atoms with E-state index < -0.39 is 0 Å². The number of hydrogen-bond donors (Lipinski definition) is 1. The molecule has 1 aromatic heterocycles. The number of halogens is 1. The summed E-state index contributed by atoms with van der Waals surface area (Å²) in [4.78, 5) is 18.4. The SMILES string of the molecule is O=C(Cc1ccc(F)cc1)NCC1CCN(c2ccncc2)CC1. The number of piperidine rings is 1. The van der Waals surface area contributed by atoms with E-state index in [9.17, 15) is 9.18 Å². The number of nitrogens with zero attached hydrogens (tertiary/aromatic N) is 2. The number of hydrogen-bond acceptors (Lipinski definition) is 3. The van der Waals surface area contributed by atoms with Gasteiger partial charge in [-0.2, -0.15) is 0 Å². The summed E-state index contributed by atoms with van der Waals surface area (Å²) in [6.45, 7) is 2.72. The summed E-state index contributed by atoms with van der Waals surface area (Å²) in [7, 11) is 0. The Bertz CT molecular complexity index is 652. The predicted molar refractivity (Wildman–Crippen MR) is 92.3 cm³/mol. The molecule has 0 saturated carbocycles. The summed E-state index contributed by atoms with van der Waals surface area (Å²) < 4.78 is 12.9. The maximum absolute atomic E-state index is 12.9. The highest BCUT2D eigenvalue weighted by Crippen LogP contribution is 2.22. The van der Waals surface area contributed by atoms with Crippen molar-refractivity contribution in [2.24, 2.45) is 5.92 Å². The normalized spacial score (nSPS) is 15.3. The van der Waals surface area contributed by atoms with Gasteiger partial charge < -0.3 is 10.2 Å². The third kappa shape index (κ3) is 4.54. The minimum atomic E-state index is -0.278. The van der Waals surface area contributed by atoms with Gasteiger partial charge in [-0.1, -0.05) is 12.1 Å². The second kappa shape index (κ2) is 7.90. The van der Waals surface area contributed by atoms with Crippen LogP contribution >= 0.6 is 0 Å². The number of pyridine rings is 1. The summed E-state index contributed by atoms with van der Waals surface area (Å²) >= 11 is 0. The third-order valence-electron chi connectivity index (χ3n) is 4.51. The number of aromatic nitrogens is 1. The number of rotatable bonds is 5. The Hall–Kier alpha value is -2.43. The highest BCUT2D eigenvalue weighted by molar-refractivity contribution is 5.78. The molecule has 126 valence electrons. The molecule has 2 aromatic rings. The third-order valence-corrected chi connectivity index (χ3v) is 4.51. The fourth-order valence-corrected chi connectivity index (χ4v) is 3.06. The average molecular weight is 327 g/mol. The van der Waals surface area contributed by atoms with Crippen molar-refractivity contribution < 1.29 is 9.18 Å². The lowest BCUT2D eigenvalue weighted by molar-refractivity contribution is -0.120. The molecular formula is C19H22FN3O. The molecule has 1 saturated heterocycles. The van der Waals surface area contributed by atoms with E-state index in [1.165, 1.54) is 17.8 Å². The van der Waals surface area contributed by atoms with Gasteiger partial charge in [-0.15, -0.1) is 0 Å². The van der Waals surface area contributed by atoms with E-state index in [-0.39, 0.29) is 11.7 Å². The Kier molecular flexibility index (Phi) is 5.41. The molecule has 0 radical (unpaired) electrons. The van der Waals surface area contributed by atoms with E-state index in [0.717, 1.165) is 31.5 Å². The van der Waals surface area contributed by atoms with Gasteiger partial charge in [0.2, 0.25) is 5.91 Å². The average Bonchev–Trinajstić information content (AvgIpc) is 2.63. The highest BCUT2D eigenvalue weighted by atomic mass is 19.1. The van der Waals surface area contributed by atoms with Crippen LogP contribution in [-0.4, -0.2) is 30.5 Å². The summed E-state index contributed by atoms with van der Waals surface area (Å²) in [6, 6.07) is 10.1. The largest absolute Gasteiger partial charge is 0.371 e. The number of carbonyl (C=O) groups is 1. The number of anilines is 1. The van der Waals surface area contributed by atoms with Crippen LogP contribution in [0.4, 0.5) is 10.1 Å². The number of nitrogens with one attached hydrogen (secondary N) is 1. The van der Waals surface area contributed by atoms with Crippen molar-refractivity contribution >= 4 is 11.6 Å². The van der Waals surface area contributed by atoms with E-state index in [1.807, 2.05) is 24.5 Å². The van der Waals surface area contributed by atoms with Crippen LogP contribution < -0.4 is 10.2 Å². The first-order valence-corrected chi connectivity index (χ1v) is 8.37. The Morgan fingerprint density at radius 3 is 2.46 bits per heavy atom. The summed E-state index contributed by atoms with van der Waals surface area (Å²) in [5.41, 5.74) is 2.05. The molecule has 1 aromatic carbocycles. The zero-order valence-electron chi connectivity index (χ0n) is 13.6. The van der Waals surface area contributed by atoms with Crippen LogP contribution in [0.5, 0.6) is 0 Å². The van der Waals surface area contributed by atoms with Crippen molar-refractivity contribution in [1.82, 2.24) is 10.3 Å². The molecule has 1 fully saturated rings. The Labute approximate surface area is 141 Å². The lowest BCUT2D eigenvalue weighted by atomic mass is 9.96. The number of carbonyl (C=O) groups excluding carboxylic acids is 1.